The van der Waals surface area contributed by atoms with Gasteiger partial charge in [0.1, 0.15) is 0 Å². The van der Waals surface area contributed by atoms with E-state index in [0.717, 1.165) is 37.5 Å². The van der Waals surface area contributed by atoms with Crippen LogP contribution in [-0.4, -0.2) is 38.1 Å². The Morgan fingerprint density at radius 2 is 1.87 bits per heavy atom. The number of nitrogens with one attached hydrogen (secondary N) is 1. The van der Waals surface area contributed by atoms with E-state index in [2.05, 4.69) is 36.2 Å². The zero-order chi connectivity index (χ0) is 21.5. The fraction of sp³-hybridized carbons (Fsp3) is 0.480. The minimum Gasteiger partial charge on any atom is -0.493 e. The molecule has 0 spiro atoms. The van der Waals surface area contributed by atoms with E-state index in [1.54, 1.807) is 14.2 Å². The van der Waals surface area contributed by atoms with Crippen molar-refractivity contribution in [3.05, 3.63) is 59.2 Å². The van der Waals surface area contributed by atoms with Gasteiger partial charge in [-0.15, -0.1) is 0 Å². The zero-order valence-corrected chi connectivity index (χ0v) is 18.6. The normalized spacial score (nSPS) is 17.9. The first kappa shape index (κ1) is 22.2. The van der Waals surface area contributed by atoms with E-state index < -0.39 is 0 Å². The number of likely N-dealkylation sites (tertiary alicyclic amines) is 1. The summed E-state index contributed by atoms with van der Waals surface area (Å²) in [6, 6.07) is 13.7. The Kier molecular flexibility index (Phi) is 7.75. The Bertz CT molecular complexity index is 835. The number of carbonyl (C=O) groups is 1. The van der Waals surface area contributed by atoms with Crippen molar-refractivity contribution >= 4 is 5.91 Å². The molecule has 2 atom stereocenters. The molecule has 2 unspecified atom stereocenters. The first-order valence-electron chi connectivity index (χ1n) is 10.9. The second-order valence-electron chi connectivity index (χ2n) is 8.23. The van der Waals surface area contributed by atoms with Crippen molar-refractivity contribution in [2.24, 2.45) is 5.92 Å². The van der Waals surface area contributed by atoms with E-state index in [-0.39, 0.29) is 11.9 Å². The number of nitrogens with zero attached hydrogens (tertiary/aromatic N) is 1. The molecule has 0 aromatic heterocycles. The van der Waals surface area contributed by atoms with Crippen LogP contribution in [0.1, 0.15) is 60.6 Å². The van der Waals surface area contributed by atoms with Crippen LogP contribution in [0.4, 0.5) is 0 Å². The summed E-state index contributed by atoms with van der Waals surface area (Å²) in [5.74, 6) is 2.06. The number of hydrogen-bond donors (Lipinski definition) is 1. The van der Waals surface area contributed by atoms with Crippen LogP contribution in [0.2, 0.25) is 0 Å². The molecule has 1 heterocycles. The van der Waals surface area contributed by atoms with Gasteiger partial charge in [0.25, 0.3) is 5.91 Å². The quantitative estimate of drug-likeness (QED) is 0.678. The van der Waals surface area contributed by atoms with Gasteiger partial charge < -0.3 is 14.8 Å². The Morgan fingerprint density at radius 3 is 2.50 bits per heavy atom. The lowest BCUT2D eigenvalue weighted by Gasteiger charge is -2.30. The lowest BCUT2D eigenvalue weighted by Crippen LogP contribution is -2.33. The topological polar surface area (TPSA) is 50.8 Å². The van der Waals surface area contributed by atoms with Crippen molar-refractivity contribution in [1.82, 2.24) is 10.2 Å². The number of hydrogen-bond acceptors (Lipinski definition) is 4. The number of amides is 1. The second-order valence-corrected chi connectivity index (χ2v) is 8.23. The molecule has 0 aliphatic carbocycles. The van der Waals surface area contributed by atoms with Crippen LogP contribution in [0, 0.1) is 5.92 Å². The van der Waals surface area contributed by atoms with Crippen LogP contribution < -0.4 is 14.8 Å². The Morgan fingerprint density at radius 1 is 1.13 bits per heavy atom. The van der Waals surface area contributed by atoms with Gasteiger partial charge in [-0.3, -0.25) is 9.69 Å². The molecule has 162 valence electrons. The van der Waals surface area contributed by atoms with Crippen LogP contribution in [0.3, 0.4) is 0 Å². The maximum atomic E-state index is 12.8. The van der Waals surface area contributed by atoms with E-state index in [1.165, 1.54) is 18.4 Å². The predicted molar refractivity (Wildman–Crippen MR) is 120 cm³/mol. The van der Waals surface area contributed by atoms with Crippen LogP contribution in [0.15, 0.2) is 42.5 Å². The Hall–Kier alpha value is -2.53. The van der Waals surface area contributed by atoms with Gasteiger partial charge in [-0.2, -0.15) is 0 Å². The lowest BCUT2D eigenvalue weighted by molar-refractivity contribution is 0.0935. The number of piperidine rings is 1. The molecule has 1 fully saturated rings. The summed E-state index contributed by atoms with van der Waals surface area (Å²) in [5.41, 5.74) is 2.94. The smallest absolute Gasteiger partial charge is 0.251 e. The molecule has 30 heavy (non-hydrogen) atoms. The monoisotopic (exact) mass is 410 g/mol. The molecule has 1 aliphatic heterocycles. The maximum absolute atomic E-state index is 12.8. The molecule has 0 bridgehead atoms. The molecule has 1 N–H and O–H groups in total. The molecule has 5 heteroatoms. The van der Waals surface area contributed by atoms with Crippen LogP contribution >= 0.6 is 0 Å². The molecule has 3 rings (SSSR count). The van der Waals surface area contributed by atoms with Crippen molar-refractivity contribution in [3.63, 3.8) is 0 Å². The third-order valence-corrected chi connectivity index (χ3v) is 5.89. The van der Waals surface area contributed by atoms with E-state index in [1.807, 2.05) is 30.3 Å². The summed E-state index contributed by atoms with van der Waals surface area (Å²) in [7, 11) is 3.24. The molecule has 2 aromatic rings. The minimum absolute atomic E-state index is 0.0604. The van der Waals surface area contributed by atoms with Crippen molar-refractivity contribution in [2.45, 2.75) is 45.7 Å². The summed E-state index contributed by atoms with van der Waals surface area (Å²) < 4.78 is 10.7. The van der Waals surface area contributed by atoms with Crippen LogP contribution in [0.25, 0.3) is 0 Å². The first-order valence-corrected chi connectivity index (χ1v) is 10.9. The Labute approximate surface area is 180 Å². The number of rotatable bonds is 8. The standard InChI is InChI=1S/C25H34N2O3/c1-5-22(21-12-13-23(29-3)24(15-21)30-4)26-25(28)20-10-8-19(9-11-20)17-27-14-6-7-18(2)16-27/h8-13,15,18,22H,5-7,14,16-17H2,1-4H3,(H,26,28). The highest BCUT2D eigenvalue weighted by atomic mass is 16.5. The molecule has 0 saturated carbocycles. The average Bonchev–Trinajstić information content (AvgIpc) is 2.77. The van der Waals surface area contributed by atoms with Gasteiger partial charge in [0, 0.05) is 18.7 Å². The van der Waals surface area contributed by atoms with E-state index >= 15 is 0 Å². The zero-order valence-electron chi connectivity index (χ0n) is 18.6. The second kappa shape index (κ2) is 10.5. The van der Waals surface area contributed by atoms with Crippen molar-refractivity contribution in [2.75, 3.05) is 27.3 Å². The molecule has 2 aromatic carbocycles. The van der Waals surface area contributed by atoms with E-state index in [9.17, 15) is 4.79 Å². The van der Waals surface area contributed by atoms with Gasteiger partial charge >= 0.3 is 0 Å². The summed E-state index contributed by atoms with van der Waals surface area (Å²) >= 11 is 0. The SMILES string of the molecule is CCC(NC(=O)c1ccc(CN2CCCC(C)C2)cc1)c1ccc(OC)c(OC)c1. The molecule has 1 amide bonds. The molecular weight excluding hydrogens is 376 g/mol. The maximum Gasteiger partial charge on any atom is 0.251 e. The van der Waals surface area contributed by atoms with E-state index in [4.69, 9.17) is 9.47 Å². The van der Waals surface area contributed by atoms with Gasteiger partial charge in [0.15, 0.2) is 11.5 Å². The van der Waals surface area contributed by atoms with Gasteiger partial charge in [0.05, 0.1) is 20.3 Å². The molecule has 1 saturated heterocycles. The third kappa shape index (κ3) is 5.54. The number of benzene rings is 2. The Balaban J connectivity index is 1.64. The summed E-state index contributed by atoms with van der Waals surface area (Å²) in [5, 5.41) is 3.15. The fourth-order valence-electron chi connectivity index (χ4n) is 4.18. The average molecular weight is 411 g/mol. The highest BCUT2D eigenvalue weighted by molar-refractivity contribution is 5.94. The number of ether oxygens (including phenoxy) is 2. The number of carbonyl (C=O) groups excluding carboxylic acids is 1. The number of methoxy groups -OCH3 is 2. The molecule has 5 nitrogen and oxygen atoms in total. The molecule has 0 radical (unpaired) electrons. The highest BCUT2D eigenvalue weighted by Gasteiger charge is 2.18. The lowest BCUT2D eigenvalue weighted by atomic mass is 9.99. The predicted octanol–water partition coefficient (Wildman–Crippen LogP) is 4.82. The minimum atomic E-state index is -0.0909. The highest BCUT2D eigenvalue weighted by Crippen LogP contribution is 2.31. The van der Waals surface area contributed by atoms with E-state index in [0.29, 0.717) is 17.1 Å². The van der Waals surface area contributed by atoms with Gasteiger partial charge in [-0.1, -0.05) is 32.0 Å². The van der Waals surface area contributed by atoms with Crippen LogP contribution in [-0.2, 0) is 6.54 Å². The largest absolute Gasteiger partial charge is 0.493 e. The molecular formula is C25H34N2O3. The summed E-state index contributed by atoms with van der Waals surface area (Å²) in [6.45, 7) is 7.66. The fourth-order valence-corrected chi connectivity index (χ4v) is 4.18. The molecule has 1 aliphatic rings. The van der Waals surface area contributed by atoms with Crippen molar-refractivity contribution in [3.8, 4) is 11.5 Å². The van der Waals surface area contributed by atoms with Gasteiger partial charge in [0.2, 0.25) is 0 Å². The first-order chi connectivity index (χ1) is 14.5. The summed E-state index contributed by atoms with van der Waals surface area (Å²) in [4.78, 5) is 15.3. The van der Waals surface area contributed by atoms with Gasteiger partial charge in [-0.05, 0) is 67.1 Å². The van der Waals surface area contributed by atoms with Crippen LogP contribution in [0.5, 0.6) is 11.5 Å². The van der Waals surface area contributed by atoms with Crippen molar-refractivity contribution in [1.29, 1.82) is 0 Å². The summed E-state index contributed by atoms with van der Waals surface area (Å²) in [6.07, 6.45) is 3.39. The van der Waals surface area contributed by atoms with Gasteiger partial charge in [-0.25, -0.2) is 0 Å². The third-order valence-electron chi connectivity index (χ3n) is 5.89. The van der Waals surface area contributed by atoms with Crippen molar-refractivity contribution < 1.29 is 14.3 Å².